The predicted octanol–water partition coefficient (Wildman–Crippen LogP) is 2.29. The van der Waals surface area contributed by atoms with Crippen LogP contribution in [0.2, 0.25) is 0 Å². The maximum Gasteiger partial charge on any atom is 0.341 e. The fourth-order valence-electron chi connectivity index (χ4n) is 2.59. The van der Waals surface area contributed by atoms with E-state index in [1.165, 1.54) is 11.3 Å². The minimum absolute atomic E-state index is 0.239. The molecular formula is C18H18N4O4S. The van der Waals surface area contributed by atoms with E-state index in [4.69, 9.17) is 4.74 Å². The molecule has 2 aromatic heterocycles. The molecule has 27 heavy (non-hydrogen) atoms. The average molecular weight is 386 g/mol. The standard InChI is InChI=1S/C18H18N4O4S/c1-4-26-18(25)15-10(2)11(3)27-16(15)19-14(23)9-22-17(24)12-7-5-6-8-13(12)20-21-22/h5-8H,4,9H2,1-3H3,(H,19,23). The van der Waals surface area contributed by atoms with Gasteiger partial charge in [0.1, 0.15) is 17.1 Å². The highest BCUT2D eigenvalue weighted by atomic mass is 32.1. The highest BCUT2D eigenvalue weighted by molar-refractivity contribution is 7.16. The van der Waals surface area contributed by atoms with E-state index in [1.807, 2.05) is 6.92 Å². The first kappa shape index (κ1) is 18.7. The van der Waals surface area contributed by atoms with Gasteiger partial charge in [0.05, 0.1) is 17.6 Å². The van der Waals surface area contributed by atoms with Gasteiger partial charge >= 0.3 is 5.97 Å². The molecule has 140 valence electrons. The maximum absolute atomic E-state index is 12.4. The molecule has 0 fully saturated rings. The number of thiophene rings is 1. The summed E-state index contributed by atoms with van der Waals surface area (Å²) in [6, 6.07) is 6.78. The van der Waals surface area contributed by atoms with Crippen LogP contribution in [0.1, 0.15) is 27.7 Å². The normalized spacial score (nSPS) is 10.8. The van der Waals surface area contributed by atoms with E-state index in [-0.39, 0.29) is 13.2 Å². The number of fused-ring (bicyclic) bond motifs is 1. The summed E-state index contributed by atoms with van der Waals surface area (Å²) in [5.74, 6) is -0.967. The number of esters is 1. The molecule has 1 aromatic carbocycles. The van der Waals surface area contributed by atoms with Gasteiger partial charge in [0, 0.05) is 4.88 Å². The Morgan fingerprint density at radius 3 is 2.74 bits per heavy atom. The number of hydrogen-bond donors (Lipinski definition) is 1. The van der Waals surface area contributed by atoms with Crippen LogP contribution in [-0.2, 0) is 16.1 Å². The molecule has 0 saturated heterocycles. The Kier molecular flexibility index (Phi) is 5.31. The van der Waals surface area contributed by atoms with Gasteiger partial charge in [-0.15, -0.1) is 16.4 Å². The second kappa shape index (κ2) is 7.67. The Morgan fingerprint density at radius 1 is 1.26 bits per heavy atom. The van der Waals surface area contributed by atoms with Gasteiger partial charge in [-0.05, 0) is 38.5 Å². The van der Waals surface area contributed by atoms with Gasteiger partial charge in [-0.1, -0.05) is 17.3 Å². The number of amides is 1. The highest BCUT2D eigenvalue weighted by Gasteiger charge is 2.22. The van der Waals surface area contributed by atoms with Crippen molar-refractivity contribution in [3.05, 3.63) is 50.6 Å². The lowest BCUT2D eigenvalue weighted by Crippen LogP contribution is -2.30. The largest absolute Gasteiger partial charge is 0.462 e. The number of nitrogens with one attached hydrogen (secondary N) is 1. The summed E-state index contributed by atoms with van der Waals surface area (Å²) >= 11 is 1.28. The fraction of sp³-hybridized carbons (Fsp3) is 0.278. The summed E-state index contributed by atoms with van der Waals surface area (Å²) in [7, 11) is 0. The van der Waals surface area contributed by atoms with Gasteiger partial charge in [0.15, 0.2) is 0 Å². The SMILES string of the molecule is CCOC(=O)c1c(NC(=O)Cn2nnc3ccccc3c2=O)sc(C)c1C. The van der Waals surface area contributed by atoms with Crippen molar-refractivity contribution < 1.29 is 14.3 Å². The van der Waals surface area contributed by atoms with E-state index in [9.17, 15) is 14.4 Å². The van der Waals surface area contributed by atoms with Gasteiger partial charge in [-0.25, -0.2) is 9.48 Å². The van der Waals surface area contributed by atoms with Crippen molar-refractivity contribution in [1.29, 1.82) is 0 Å². The molecule has 0 bridgehead atoms. The zero-order chi connectivity index (χ0) is 19.6. The third-order valence-corrected chi connectivity index (χ3v) is 5.16. The molecule has 9 heteroatoms. The first-order valence-electron chi connectivity index (χ1n) is 8.31. The van der Waals surface area contributed by atoms with Crippen molar-refractivity contribution in [3.8, 4) is 0 Å². The minimum atomic E-state index is -0.489. The lowest BCUT2D eigenvalue weighted by Gasteiger charge is -2.08. The van der Waals surface area contributed by atoms with E-state index in [0.29, 0.717) is 21.5 Å². The molecule has 1 amide bonds. The molecule has 0 atom stereocenters. The van der Waals surface area contributed by atoms with Crippen molar-refractivity contribution in [3.63, 3.8) is 0 Å². The third-order valence-electron chi connectivity index (χ3n) is 4.04. The number of benzene rings is 1. The molecule has 0 unspecified atom stereocenters. The van der Waals surface area contributed by atoms with Crippen LogP contribution in [0.5, 0.6) is 0 Å². The first-order chi connectivity index (χ1) is 12.9. The predicted molar refractivity (Wildman–Crippen MR) is 102 cm³/mol. The summed E-state index contributed by atoms with van der Waals surface area (Å²) in [6.45, 7) is 5.30. The topological polar surface area (TPSA) is 103 Å². The lowest BCUT2D eigenvalue weighted by atomic mass is 10.1. The zero-order valence-corrected chi connectivity index (χ0v) is 15.9. The minimum Gasteiger partial charge on any atom is -0.462 e. The number of carbonyl (C=O) groups excluding carboxylic acids is 2. The second-order valence-electron chi connectivity index (χ2n) is 5.83. The van der Waals surface area contributed by atoms with Gasteiger partial charge in [0.25, 0.3) is 5.56 Å². The Hall–Kier alpha value is -3.07. The van der Waals surface area contributed by atoms with Gasteiger partial charge < -0.3 is 10.1 Å². The maximum atomic E-state index is 12.4. The first-order valence-corrected chi connectivity index (χ1v) is 9.13. The molecule has 8 nitrogen and oxygen atoms in total. The molecule has 0 saturated carbocycles. The molecule has 3 aromatic rings. The molecule has 0 radical (unpaired) electrons. The number of aryl methyl sites for hydroxylation is 1. The number of hydrogen-bond acceptors (Lipinski definition) is 7. The number of aromatic nitrogens is 3. The molecule has 0 spiro atoms. The third kappa shape index (κ3) is 3.72. The summed E-state index contributed by atoms with van der Waals surface area (Å²) in [6.07, 6.45) is 0. The van der Waals surface area contributed by atoms with Crippen LogP contribution >= 0.6 is 11.3 Å². The molecule has 3 rings (SSSR count). The summed E-state index contributed by atoms with van der Waals surface area (Å²) in [5, 5.41) is 11.2. The fourth-order valence-corrected chi connectivity index (χ4v) is 3.66. The van der Waals surface area contributed by atoms with Crippen LogP contribution in [0.3, 0.4) is 0 Å². The summed E-state index contributed by atoms with van der Waals surface area (Å²) in [4.78, 5) is 38.0. The lowest BCUT2D eigenvalue weighted by molar-refractivity contribution is -0.117. The second-order valence-corrected chi connectivity index (χ2v) is 7.05. The molecule has 0 aliphatic rings. The highest BCUT2D eigenvalue weighted by Crippen LogP contribution is 2.33. The zero-order valence-electron chi connectivity index (χ0n) is 15.1. The summed E-state index contributed by atoms with van der Waals surface area (Å²) < 4.78 is 6.06. The van der Waals surface area contributed by atoms with E-state index in [0.717, 1.165) is 15.1 Å². The number of carbonyl (C=O) groups is 2. The van der Waals surface area contributed by atoms with Crippen molar-refractivity contribution in [1.82, 2.24) is 15.0 Å². The van der Waals surface area contributed by atoms with Crippen molar-refractivity contribution in [2.75, 3.05) is 11.9 Å². The van der Waals surface area contributed by atoms with E-state index in [2.05, 4.69) is 15.6 Å². The number of ether oxygens (including phenoxy) is 1. The van der Waals surface area contributed by atoms with E-state index >= 15 is 0 Å². The van der Waals surface area contributed by atoms with Crippen molar-refractivity contribution in [2.45, 2.75) is 27.3 Å². The Morgan fingerprint density at radius 2 is 2.00 bits per heavy atom. The van der Waals surface area contributed by atoms with Crippen molar-refractivity contribution in [2.24, 2.45) is 0 Å². The monoisotopic (exact) mass is 386 g/mol. The Balaban J connectivity index is 1.85. The molecule has 2 heterocycles. The molecule has 0 aliphatic carbocycles. The van der Waals surface area contributed by atoms with Gasteiger partial charge in [-0.2, -0.15) is 0 Å². The molecule has 0 aliphatic heterocycles. The van der Waals surface area contributed by atoms with E-state index < -0.39 is 17.4 Å². The Labute approximate surface area is 158 Å². The number of anilines is 1. The van der Waals surface area contributed by atoms with Crippen LogP contribution in [0.4, 0.5) is 5.00 Å². The Bertz CT molecular complexity index is 1090. The van der Waals surface area contributed by atoms with Crippen LogP contribution in [0.25, 0.3) is 10.9 Å². The smallest absolute Gasteiger partial charge is 0.341 e. The number of rotatable bonds is 5. The summed E-state index contributed by atoms with van der Waals surface area (Å²) in [5.41, 5.74) is 1.16. The molecular weight excluding hydrogens is 368 g/mol. The van der Waals surface area contributed by atoms with Gasteiger partial charge in [0.2, 0.25) is 5.91 Å². The van der Waals surface area contributed by atoms with E-state index in [1.54, 1.807) is 38.1 Å². The van der Waals surface area contributed by atoms with Crippen LogP contribution in [0, 0.1) is 13.8 Å². The van der Waals surface area contributed by atoms with Crippen molar-refractivity contribution >= 4 is 39.1 Å². The quantitative estimate of drug-likeness (QED) is 0.675. The number of nitrogens with zero attached hydrogens (tertiary/aromatic N) is 3. The van der Waals surface area contributed by atoms with Crippen LogP contribution in [0.15, 0.2) is 29.1 Å². The van der Waals surface area contributed by atoms with Gasteiger partial charge in [-0.3, -0.25) is 9.59 Å². The van der Waals surface area contributed by atoms with Crippen LogP contribution in [-0.4, -0.2) is 33.5 Å². The average Bonchev–Trinajstić information content (AvgIpc) is 2.91. The van der Waals surface area contributed by atoms with Crippen LogP contribution < -0.4 is 10.9 Å². The molecule has 1 N–H and O–H groups in total.